The number of rotatable bonds is 2. The number of ether oxygens (including phenoxy) is 1. The molecular weight excluding hydrogens is 198 g/mol. The highest BCUT2D eigenvalue weighted by atomic mass is 16.5. The lowest BCUT2D eigenvalue weighted by molar-refractivity contribution is 0.288. The Bertz CT molecular complexity index is 367. The topological polar surface area (TPSA) is 35.2 Å². The van der Waals surface area contributed by atoms with Crippen LogP contribution in [0.15, 0.2) is 18.2 Å². The highest BCUT2D eigenvalue weighted by Gasteiger charge is 2.32. The first kappa shape index (κ1) is 11.5. The molecule has 2 rings (SSSR count). The van der Waals surface area contributed by atoms with Crippen LogP contribution in [0.5, 0.6) is 5.75 Å². The van der Waals surface area contributed by atoms with Gasteiger partial charge in [-0.15, -0.1) is 0 Å². The molecule has 2 N–H and O–H groups in total. The molecule has 0 bridgehead atoms. The fraction of sp³-hybridized carbons (Fsp3) is 0.571. The van der Waals surface area contributed by atoms with Gasteiger partial charge in [0, 0.05) is 11.1 Å². The number of nitrogens with two attached hydrogens (primary N) is 1. The van der Waals surface area contributed by atoms with Gasteiger partial charge in [-0.2, -0.15) is 0 Å². The lowest BCUT2D eigenvalue weighted by atomic mass is 9.76. The summed E-state index contributed by atoms with van der Waals surface area (Å²) >= 11 is 0. The molecule has 0 radical (unpaired) electrons. The van der Waals surface area contributed by atoms with E-state index in [1.807, 2.05) is 0 Å². The van der Waals surface area contributed by atoms with Crippen molar-refractivity contribution in [2.45, 2.75) is 44.6 Å². The van der Waals surface area contributed by atoms with Crippen molar-refractivity contribution in [3.05, 3.63) is 29.3 Å². The van der Waals surface area contributed by atoms with Gasteiger partial charge in [-0.3, -0.25) is 0 Å². The SMILES string of the molecule is COc1c(C)cccc1C1(N)CCCCC1. The Morgan fingerprint density at radius 2 is 1.88 bits per heavy atom. The van der Waals surface area contributed by atoms with Gasteiger partial charge < -0.3 is 10.5 Å². The van der Waals surface area contributed by atoms with Crippen LogP contribution in [0.1, 0.15) is 43.2 Å². The van der Waals surface area contributed by atoms with Gasteiger partial charge in [-0.05, 0) is 25.3 Å². The summed E-state index contributed by atoms with van der Waals surface area (Å²) < 4.78 is 5.51. The van der Waals surface area contributed by atoms with E-state index in [9.17, 15) is 0 Å². The second kappa shape index (κ2) is 4.46. The summed E-state index contributed by atoms with van der Waals surface area (Å²) in [4.78, 5) is 0. The highest BCUT2D eigenvalue weighted by molar-refractivity contribution is 5.45. The molecule has 1 saturated carbocycles. The zero-order valence-corrected chi connectivity index (χ0v) is 10.3. The molecule has 1 fully saturated rings. The normalized spacial score (nSPS) is 19.4. The van der Waals surface area contributed by atoms with Crippen molar-refractivity contribution in [2.24, 2.45) is 5.73 Å². The monoisotopic (exact) mass is 219 g/mol. The summed E-state index contributed by atoms with van der Waals surface area (Å²) in [6.45, 7) is 2.08. The first-order chi connectivity index (χ1) is 7.67. The number of benzene rings is 1. The summed E-state index contributed by atoms with van der Waals surface area (Å²) in [6, 6.07) is 6.28. The van der Waals surface area contributed by atoms with Gasteiger partial charge in [-0.1, -0.05) is 37.5 Å². The quantitative estimate of drug-likeness (QED) is 0.829. The predicted octanol–water partition coefficient (Wildman–Crippen LogP) is 3.12. The molecule has 0 amide bonds. The van der Waals surface area contributed by atoms with Crippen LogP contribution in [-0.4, -0.2) is 7.11 Å². The van der Waals surface area contributed by atoms with Crippen molar-refractivity contribution >= 4 is 0 Å². The first-order valence-electron chi connectivity index (χ1n) is 6.10. The molecule has 1 aliphatic carbocycles. The third kappa shape index (κ3) is 1.94. The van der Waals surface area contributed by atoms with Crippen molar-refractivity contribution < 1.29 is 4.74 Å². The Morgan fingerprint density at radius 3 is 2.50 bits per heavy atom. The van der Waals surface area contributed by atoms with Crippen LogP contribution in [0.2, 0.25) is 0 Å². The third-order valence-corrected chi connectivity index (χ3v) is 3.70. The lowest BCUT2D eigenvalue weighted by Crippen LogP contribution is -2.39. The average molecular weight is 219 g/mol. The lowest BCUT2D eigenvalue weighted by Gasteiger charge is -2.35. The van der Waals surface area contributed by atoms with E-state index < -0.39 is 0 Å². The van der Waals surface area contributed by atoms with E-state index >= 15 is 0 Å². The van der Waals surface area contributed by atoms with Gasteiger partial charge in [0.2, 0.25) is 0 Å². The smallest absolute Gasteiger partial charge is 0.126 e. The zero-order chi connectivity index (χ0) is 11.6. The van der Waals surface area contributed by atoms with Crippen molar-refractivity contribution in [2.75, 3.05) is 7.11 Å². The molecule has 2 nitrogen and oxygen atoms in total. The Balaban J connectivity index is 2.41. The molecule has 1 aromatic carbocycles. The summed E-state index contributed by atoms with van der Waals surface area (Å²) in [7, 11) is 1.73. The largest absolute Gasteiger partial charge is 0.496 e. The van der Waals surface area contributed by atoms with Gasteiger partial charge >= 0.3 is 0 Å². The van der Waals surface area contributed by atoms with Crippen LogP contribution in [0.4, 0.5) is 0 Å². The number of methoxy groups -OCH3 is 1. The van der Waals surface area contributed by atoms with Crippen LogP contribution < -0.4 is 10.5 Å². The molecular formula is C14H21NO. The average Bonchev–Trinajstić information content (AvgIpc) is 2.29. The minimum atomic E-state index is -0.171. The van der Waals surface area contributed by atoms with Crippen LogP contribution >= 0.6 is 0 Å². The first-order valence-corrected chi connectivity index (χ1v) is 6.10. The van der Waals surface area contributed by atoms with E-state index in [4.69, 9.17) is 10.5 Å². The molecule has 0 aliphatic heterocycles. The van der Waals surface area contributed by atoms with Crippen molar-refractivity contribution in [1.82, 2.24) is 0 Å². The second-order valence-electron chi connectivity index (χ2n) is 4.87. The molecule has 88 valence electrons. The Labute approximate surface area is 97.8 Å². The molecule has 0 aromatic heterocycles. The zero-order valence-electron chi connectivity index (χ0n) is 10.3. The number of hydrogen-bond donors (Lipinski definition) is 1. The van der Waals surface area contributed by atoms with Gasteiger partial charge in [-0.25, -0.2) is 0 Å². The van der Waals surface area contributed by atoms with E-state index in [0.29, 0.717) is 0 Å². The molecule has 1 aromatic rings. The molecule has 2 heteroatoms. The van der Waals surface area contributed by atoms with E-state index in [0.717, 1.165) is 18.6 Å². The fourth-order valence-electron chi connectivity index (χ4n) is 2.77. The Kier molecular flexibility index (Phi) is 3.20. The highest BCUT2D eigenvalue weighted by Crippen LogP contribution is 2.40. The third-order valence-electron chi connectivity index (χ3n) is 3.70. The fourth-order valence-corrected chi connectivity index (χ4v) is 2.77. The Morgan fingerprint density at radius 1 is 1.19 bits per heavy atom. The maximum Gasteiger partial charge on any atom is 0.126 e. The van der Waals surface area contributed by atoms with E-state index in [1.54, 1.807) is 7.11 Å². The minimum absolute atomic E-state index is 0.171. The van der Waals surface area contributed by atoms with Crippen molar-refractivity contribution in [3.63, 3.8) is 0 Å². The van der Waals surface area contributed by atoms with Gasteiger partial charge in [0.1, 0.15) is 5.75 Å². The number of aryl methyl sites for hydroxylation is 1. The van der Waals surface area contributed by atoms with Crippen LogP contribution in [0, 0.1) is 6.92 Å². The van der Waals surface area contributed by atoms with Gasteiger partial charge in [0.15, 0.2) is 0 Å². The van der Waals surface area contributed by atoms with Crippen molar-refractivity contribution in [1.29, 1.82) is 0 Å². The molecule has 0 atom stereocenters. The summed E-state index contributed by atoms with van der Waals surface area (Å²) in [5.41, 5.74) is 8.74. The second-order valence-corrected chi connectivity index (χ2v) is 4.87. The molecule has 1 aliphatic rings. The van der Waals surface area contributed by atoms with E-state index in [2.05, 4.69) is 25.1 Å². The standard InChI is InChI=1S/C14H21NO/c1-11-7-6-8-12(13(11)16-2)14(15)9-4-3-5-10-14/h6-8H,3-5,9-10,15H2,1-2H3. The maximum atomic E-state index is 6.55. The molecule has 0 unspecified atom stereocenters. The Hall–Kier alpha value is -1.02. The van der Waals surface area contributed by atoms with Crippen LogP contribution in [-0.2, 0) is 5.54 Å². The van der Waals surface area contributed by atoms with E-state index in [1.165, 1.54) is 30.4 Å². The van der Waals surface area contributed by atoms with E-state index in [-0.39, 0.29) is 5.54 Å². The predicted molar refractivity (Wildman–Crippen MR) is 66.7 cm³/mol. The maximum absolute atomic E-state index is 6.55. The number of hydrogen-bond acceptors (Lipinski definition) is 2. The molecule has 0 saturated heterocycles. The number of para-hydroxylation sites is 1. The summed E-state index contributed by atoms with van der Waals surface area (Å²) in [6.07, 6.45) is 5.92. The molecule has 0 heterocycles. The summed E-state index contributed by atoms with van der Waals surface area (Å²) in [5, 5.41) is 0. The van der Waals surface area contributed by atoms with Crippen LogP contribution in [0.25, 0.3) is 0 Å². The van der Waals surface area contributed by atoms with Gasteiger partial charge in [0.05, 0.1) is 7.11 Å². The molecule has 16 heavy (non-hydrogen) atoms. The van der Waals surface area contributed by atoms with Crippen LogP contribution in [0.3, 0.4) is 0 Å². The molecule has 0 spiro atoms. The van der Waals surface area contributed by atoms with Gasteiger partial charge in [0.25, 0.3) is 0 Å². The van der Waals surface area contributed by atoms with Crippen molar-refractivity contribution in [3.8, 4) is 5.75 Å². The minimum Gasteiger partial charge on any atom is -0.496 e. The summed E-state index contributed by atoms with van der Waals surface area (Å²) in [5.74, 6) is 0.979.